The molecule has 1 fully saturated rings. The van der Waals surface area contributed by atoms with Crippen molar-refractivity contribution in [3.63, 3.8) is 0 Å². The second-order valence-corrected chi connectivity index (χ2v) is 8.80. The average molecular weight is 430 g/mol. The summed E-state index contributed by atoms with van der Waals surface area (Å²) >= 11 is 1.24. The van der Waals surface area contributed by atoms with E-state index >= 15 is 0 Å². The summed E-state index contributed by atoms with van der Waals surface area (Å²) in [7, 11) is 0. The fourth-order valence-corrected chi connectivity index (χ4v) is 4.14. The highest BCUT2D eigenvalue weighted by atomic mass is 32.1. The third kappa shape index (κ3) is 5.73. The molecule has 0 radical (unpaired) electrons. The van der Waals surface area contributed by atoms with Crippen LogP contribution in [0.15, 0.2) is 35.8 Å². The number of rotatable bonds is 7. The van der Waals surface area contributed by atoms with Crippen LogP contribution in [0.1, 0.15) is 46.5 Å². The van der Waals surface area contributed by atoms with Gasteiger partial charge in [-0.25, -0.2) is 0 Å². The highest BCUT2D eigenvalue weighted by molar-refractivity contribution is 7.12. The number of thiophene rings is 1. The topological polar surface area (TPSA) is 79.8 Å². The molecule has 0 saturated carbocycles. The monoisotopic (exact) mass is 429 g/mol. The van der Waals surface area contributed by atoms with Gasteiger partial charge in [0.1, 0.15) is 6.54 Å². The second kappa shape index (κ2) is 9.95. The number of ether oxygens (including phenoxy) is 1. The largest absolute Gasteiger partial charge is 0.368 e. The summed E-state index contributed by atoms with van der Waals surface area (Å²) in [6.45, 7) is 7.23. The fraction of sp³-hybridized carbons (Fsp3) is 0.455. The first-order chi connectivity index (χ1) is 14.3. The first-order valence-electron chi connectivity index (χ1n) is 10.0. The zero-order chi connectivity index (χ0) is 21.7. The van der Waals surface area contributed by atoms with Gasteiger partial charge in [-0.1, -0.05) is 19.9 Å². The molecule has 2 amide bonds. The molecule has 8 heteroatoms. The van der Waals surface area contributed by atoms with Gasteiger partial charge in [0.15, 0.2) is 5.78 Å². The lowest BCUT2D eigenvalue weighted by molar-refractivity contribution is -0.132. The Morgan fingerprint density at radius 2 is 2.10 bits per heavy atom. The number of aromatic nitrogens is 1. The van der Waals surface area contributed by atoms with Gasteiger partial charge < -0.3 is 14.5 Å². The molecular weight excluding hydrogens is 402 g/mol. The quantitative estimate of drug-likeness (QED) is 0.633. The van der Waals surface area contributed by atoms with Crippen LogP contribution in [0, 0.1) is 5.92 Å². The number of nitrogens with zero attached hydrogens (tertiary/aromatic N) is 3. The van der Waals surface area contributed by atoms with Crippen LogP contribution in [0.5, 0.6) is 0 Å². The summed E-state index contributed by atoms with van der Waals surface area (Å²) in [5, 5.41) is 1.67. The summed E-state index contributed by atoms with van der Waals surface area (Å²) in [6, 6.07) is 7.22. The first kappa shape index (κ1) is 22.1. The highest BCUT2D eigenvalue weighted by Crippen LogP contribution is 2.19. The van der Waals surface area contributed by atoms with Crippen molar-refractivity contribution in [2.45, 2.75) is 33.5 Å². The van der Waals surface area contributed by atoms with Gasteiger partial charge in [-0.15, -0.1) is 11.3 Å². The predicted molar refractivity (Wildman–Crippen MR) is 114 cm³/mol. The van der Waals surface area contributed by atoms with Crippen LogP contribution in [0.25, 0.3) is 0 Å². The normalized spacial score (nSPS) is 17.3. The van der Waals surface area contributed by atoms with Gasteiger partial charge in [0, 0.05) is 31.2 Å². The summed E-state index contributed by atoms with van der Waals surface area (Å²) in [4.78, 5) is 45.6. The zero-order valence-corrected chi connectivity index (χ0v) is 18.4. The van der Waals surface area contributed by atoms with Crippen LogP contribution >= 0.6 is 11.3 Å². The van der Waals surface area contributed by atoms with Gasteiger partial charge in [-0.3, -0.25) is 19.4 Å². The van der Waals surface area contributed by atoms with Gasteiger partial charge in [0.25, 0.3) is 5.91 Å². The molecule has 7 nitrogen and oxygen atoms in total. The highest BCUT2D eigenvalue weighted by Gasteiger charge is 2.32. The number of amides is 2. The van der Waals surface area contributed by atoms with E-state index < -0.39 is 0 Å². The smallest absolute Gasteiger partial charge is 0.255 e. The fourth-order valence-electron chi connectivity index (χ4n) is 3.36. The van der Waals surface area contributed by atoms with E-state index in [0.29, 0.717) is 42.6 Å². The summed E-state index contributed by atoms with van der Waals surface area (Å²) in [6.07, 6.45) is 1.38. The van der Waals surface area contributed by atoms with Gasteiger partial charge in [-0.2, -0.15) is 0 Å². The Kier molecular flexibility index (Phi) is 7.33. The van der Waals surface area contributed by atoms with Gasteiger partial charge in [-0.05, 0) is 31.0 Å². The molecule has 1 atom stereocenters. The number of Topliss-reactive ketones (excluding diaryl/α,β-unsaturated/α-hetero) is 1. The first-order valence-corrected chi connectivity index (χ1v) is 10.9. The minimum atomic E-state index is -0.327. The van der Waals surface area contributed by atoms with Crippen molar-refractivity contribution in [2.75, 3.05) is 26.2 Å². The lowest BCUT2D eigenvalue weighted by atomic mass is 10.2. The maximum Gasteiger partial charge on any atom is 0.255 e. The van der Waals surface area contributed by atoms with E-state index in [4.69, 9.17) is 4.74 Å². The molecule has 30 heavy (non-hydrogen) atoms. The van der Waals surface area contributed by atoms with Crippen LogP contribution in [-0.4, -0.2) is 64.7 Å². The Morgan fingerprint density at radius 3 is 2.73 bits per heavy atom. The van der Waals surface area contributed by atoms with E-state index in [1.807, 2.05) is 18.2 Å². The molecule has 2 aromatic heterocycles. The summed E-state index contributed by atoms with van der Waals surface area (Å²) < 4.78 is 6.07. The van der Waals surface area contributed by atoms with E-state index in [9.17, 15) is 14.4 Å². The number of carbonyl (C=O) groups excluding carboxylic acids is 3. The molecule has 1 saturated heterocycles. The Labute approximate surface area is 180 Å². The minimum absolute atomic E-state index is 0.000250. The van der Waals surface area contributed by atoms with E-state index in [0.717, 1.165) is 5.69 Å². The van der Waals surface area contributed by atoms with Crippen LogP contribution < -0.4 is 0 Å². The Morgan fingerprint density at radius 1 is 1.30 bits per heavy atom. The number of carbonyl (C=O) groups is 3. The maximum atomic E-state index is 13.1. The minimum Gasteiger partial charge on any atom is -0.368 e. The summed E-state index contributed by atoms with van der Waals surface area (Å²) in [5.74, 6) is -0.124. The van der Waals surface area contributed by atoms with Gasteiger partial charge in [0.2, 0.25) is 5.91 Å². The van der Waals surface area contributed by atoms with Gasteiger partial charge in [0.05, 0.1) is 28.8 Å². The van der Waals surface area contributed by atoms with E-state index in [1.54, 1.807) is 22.5 Å². The third-order valence-electron chi connectivity index (χ3n) is 4.79. The predicted octanol–water partition coefficient (Wildman–Crippen LogP) is 2.87. The van der Waals surface area contributed by atoms with Crippen LogP contribution in [0.2, 0.25) is 0 Å². The second-order valence-electron chi connectivity index (χ2n) is 7.89. The molecule has 160 valence electrons. The molecular formula is C22H27N3O4S. The molecule has 0 N–H and O–H groups in total. The molecule has 0 bridgehead atoms. The van der Waals surface area contributed by atoms with Crippen LogP contribution in [-0.2, 0) is 16.1 Å². The number of ketones is 1. The van der Waals surface area contributed by atoms with Crippen molar-refractivity contribution >= 4 is 28.9 Å². The van der Waals surface area contributed by atoms with Crippen molar-refractivity contribution in [1.82, 2.24) is 14.8 Å². The molecule has 0 spiro atoms. The average Bonchev–Trinajstić information content (AvgIpc) is 3.15. The molecule has 3 rings (SSSR count). The lowest BCUT2D eigenvalue weighted by Gasteiger charge is -2.25. The van der Waals surface area contributed by atoms with Crippen molar-refractivity contribution in [3.05, 3.63) is 52.0 Å². The van der Waals surface area contributed by atoms with Crippen molar-refractivity contribution in [1.29, 1.82) is 0 Å². The Bertz CT molecular complexity index is 897. The summed E-state index contributed by atoms with van der Waals surface area (Å²) in [5.41, 5.74) is 1.23. The van der Waals surface area contributed by atoms with Crippen molar-refractivity contribution < 1.29 is 19.1 Å². The number of hydrogen-bond donors (Lipinski definition) is 0. The standard InChI is InChI=1S/C22H27N3O4S/c1-15(2)9-24-10-19(29-13-18-6-4-5-7-23-18)11-25(12-21(24)27)22(28)17-8-20(16(3)26)30-14-17/h4-8,14-15,19H,9-13H2,1-3H3. The van der Waals surface area contributed by atoms with Crippen molar-refractivity contribution in [2.24, 2.45) is 5.92 Å². The SMILES string of the molecule is CC(=O)c1cc(C(=O)N2CC(=O)N(CC(C)C)CC(OCc3ccccn3)C2)cs1. The molecule has 0 aromatic carbocycles. The molecule has 1 aliphatic rings. The van der Waals surface area contributed by atoms with E-state index in [1.165, 1.54) is 23.2 Å². The number of pyridine rings is 1. The van der Waals surface area contributed by atoms with Crippen LogP contribution in [0.4, 0.5) is 0 Å². The Balaban J connectivity index is 1.77. The lowest BCUT2D eigenvalue weighted by Crippen LogP contribution is -2.40. The molecule has 1 unspecified atom stereocenters. The molecule has 2 aromatic rings. The maximum absolute atomic E-state index is 13.1. The van der Waals surface area contributed by atoms with E-state index in [-0.39, 0.29) is 30.2 Å². The third-order valence-corrected chi connectivity index (χ3v) is 5.82. The Hall–Kier alpha value is -2.58. The van der Waals surface area contributed by atoms with Crippen molar-refractivity contribution in [3.8, 4) is 0 Å². The van der Waals surface area contributed by atoms with E-state index in [2.05, 4.69) is 18.8 Å². The molecule has 3 heterocycles. The van der Waals surface area contributed by atoms with Gasteiger partial charge >= 0.3 is 0 Å². The zero-order valence-electron chi connectivity index (χ0n) is 17.5. The van der Waals surface area contributed by atoms with Crippen LogP contribution in [0.3, 0.4) is 0 Å². The molecule has 1 aliphatic heterocycles. The molecule has 0 aliphatic carbocycles. The number of hydrogen-bond acceptors (Lipinski definition) is 6.